The number of hydrogen-bond acceptors (Lipinski definition) is 2. The average molecular weight is 276 g/mol. The number of benzene rings is 1. The minimum absolute atomic E-state index is 0.143. The van der Waals surface area contributed by atoms with Gasteiger partial charge in [-0.2, -0.15) is 0 Å². The van der Waals surface area contributed by atoms with Crippen LogP contribution in [0.5, 0.6) is 5.75 Å². The molecule has 0 aliphatic rings. The smallest absolute Gasteiger partial charge is 0.136 e. The van der Waals surface area contributed by atoms with Crippen LogP contribution >= 0.6 is 0 Å². The van der Waals surface area contributed by atoms with Gasteiger partial charge in [0, 0.05) is 12.8 Å². The number of carbonyl (C=O) groups is 1. The lowest BCUT2D eigenvalue weighted by Crippen LogP contribution is -2.18. The Morgan fingerprint density at radius 2 is 1.40 bits per heavy atom. The van der Waals surface area contributed by atoms with E-state index in [2.05, 4.69) is 41.5 Å². The lowest BCUT2D eigenvalue weighted by atomic mass is 9.78. The van der Waals surface area contributed by atoms with Crippen LogP contribution in [0.2, 0.25) is 0 Å². The molecular formula is C18H28O2. The second kappa shape index (κ2) is 5.59. The van der Waals surface area contributed by atoms with Gasteiger partial charge in [0.2, 0.25) is 0 Å². The summed E-state index contributed by atoms with van der Waals surface area (Å²) in [5, 5.41) is 10.6. The molecule has 0 heterocycles. The van der Waals surface area contributed by atoms with Crippen LogP contribution in [0.4, 0.5) is 0 Å². The minimum Gasteiger partial charge on any atom is -0.507 e. The molecule has 0 atom stereocenters. The van der Waals surface area contributed by atoms with Gasteiger partial charge in [-0.15, -0.1) is 0 Å². The Labute approximate surface area is 123 Å². The highest BCUT2D eigenvalue weighted by atomic mass is 16.3. The van der Waals surface area contributed by atoms with Gasteiger partial charge in [0.05, 0.1) is 0 Å². The molecule has 0 aliphatic carbocycles. The molecule has 0 bridgehead atoms. The van der Waals surface area contributed by atoms with E-state index in [1.54, 1.807) is 0 Å². The van der Waals surface area contributed by atoms with Crippen molar-refractivity contribution in [1.29, 1.82) is 0 Å². The molecule has 112 valence electrons. The van der Waals surface area contributed by atoms with Crippen LogP contribution in [0.1, 0.15) is 71.6 Å². The number of rotatable bonds is 3. The van der Waals surface area contributed by atoms with E-state index in [4.69, 9.17) is 0 Å². The minimum atomic E-state index is -0.143. The molecule has 0 radical (unpaired) electrons. The first-order valence-corrected chi connectivity index (χ1v) is 7.35. The van der Waals surface area contributed by atoms with E-state index < -0.39 is 0 Å². The summed E-state index contributed by atoms with van der Waals surface area (Å²) in [4.78, 5) is 11.7. The maximum Gasteiger partial charge on any atom is 0.136 e. The lowest BCUT2D eigenvalue weighted by Gasteiger charge is -2.28. The number of phenols is 1. The zero-order valence-corrected chi connectivity index (χ0v) is 13.9. The van der Waals surface area contributed by atoms with Gasteiger partial charge in [-0.05, 0) is 27.5 Å². The Kier molecular flexibility index (Phi) is 4.68. The van der Waals surface area contributed by atoms with Gasteiger partial charge in [-0.25, -0.2) is 0 Å². The monoisotopic (exact) mass is 276 g/mol. The molecule has 0 saturated carbocycles. The van der Waals surface area contributed by atoms with Crippen molar-refractivity contribution in [1.82, 2.24) is 0 Å². The van der Waals surface area contributed by atoms with Crippen molar-refractivity contribution in [3.63, 3.8) is 0 Å². The van der Waals surface area contributed by atoms with Crippen molar-refractivity contribution >= 4 is 5.78 Å². The van der Waals surface area contributed by atoms with Gasteiger partial charge in [-0.3, -0.25) is 4.79 Å². The third-order valence-corrected chi connectivity index (χ3v) is 3.58. The first-order chi connectivity index (χ1) is 8.96. The fourth-order valence-electron chi connectivity index (χ4n) is 2.29. The Morgan fingerprint density at radius 1 is 1.00 bits per heavy atom. The largest absolute Gasteiger partial charge is 0.507 e. The Bertz CT molecular complexity index is 464. The SMILES string of the molecule is CCC(=O)Cc1cc(C(C)(C)C)c(O)c(C(C)(C)C)c1. The predicted molar refractivity (Wildman–Crippen MR) is 84.5 cm³/mol. The van der Waals surface area contributed by atoms with Gasteiger partial charge in [0.25, 0.3) is 0 Å². The molecule has 0 saturated heterocycles. The molecule has 1 N–H and O–H groups in total. The van der Waals surface area contributed by atoms with E-state index in [1.807, 2.05) is 19.1 Å². The number of carbonyl (C=O) groups excluding carboxylic acids is 1. The van der Waals surface area contributed by atoms with Crippen LogP contribution in [0.3, 0.4) is 0 Å². The highest BCUT2D eigenvalue weighted by Crippen LogP contribution is 2.39. The number of hydrogen-bond donors (Lipinski definition) is 1. The number of Topliss-reactive ketones (excluding diaryl/α,β-unsaturated/α-hetero) is 1. The topological polar surface area (TPSA) is 37.3 Å². The Balaban J connectivity index is 3.46. The van der Waals surface area contributed by atoms with Gasteiger partial charge in [0.1, 0.15) is 11.5 Å². The summed E-state index contributed by atoms with van der Waals surface area (Å²) in [6, 6.07) is 3.97. The second-order valence-corrected chi connectivity index (χ2v) is 7.61. The summed E-state index contributed by atoms with van der Waals surface area (Å²) >= 11 is 0. The van der Waals surface area contributed by atoms with Gasteiger partial charge in [-0.1, -0.05) is 60.6 Å². The van der Waals surface area contributed by atoms with Crippen LogP contribution < -0.4 is 0 Å². The average Bonchev–Trinajstić information content (AvgIpc) is 2.28. The van der Waals surface area contributed by atoms with E-state index >= 15 is 0 Å². The van der Waals surface area contributed by atoms with Crippen molar-refractivity contribution in [3.05, 3.63) is 28.8 Å². The zero-order chi connectivity index (χ0) is 15.7. The lowest BCUT2D eigenvalue weighted by molar-refractivity contribution is -0.118. The highest BCUT2D eigenvalue weighted by molar-refractivity contribution is 5.80. The normalized spacial score (nSPS) is 12.6. The molecule has 0 spiro atoms. The number of phenolic OH excluding ortho intramolecular Hbond substituents is 1. The second-order valence-electron chi connectivity index (χ2n) is 7.61. The fourth-order valence-corrected chi connectivity index (χ4v) is 2.29. The zero-order valence-electron chi connectivity index (χ0n) is 13.9. The molecule has 0 aliphatic heterocycles. The van der Waals surface area contributed by atoms with Gasteiger partial charge in [0.15, 0.2) is 0 Å². The van der Waals surface area contributed by atoms with Crippen molar-refractivity contribution < 1.29 is 9.90 Å². The van der Waals surface area contributed by atoms with Crippen molar-refractivity contribution in [3.8, 4) is 5.75 Å². The first kappa shape index (κ1) is 16.7. The van der Waals surface area contributed by atoms with Crippen LogP contribution in [-0.2, 0) is 22.0 Å². The van der Waals surface area contributed by atoms with E-state index in [0.717, 1.165) is 16.7 Å². The summed E-state index contributed by atoms with van der Waals surface area (Å²) in [6.45, 7) is 14.4. The highest BCUT2D eigenvalue weighted by Gasteiger charge is 2.26. The number of aromatic hydroxyl groups is 1. The van der Waals surface area contributed by atoms with Gasteiger partial charge >= 0.3 is 0 Å². The van der Waals surface area contributed by atoms with E-state index in [0.29, 0.717) is 18.6 Å². The summed E-state index contributed by atoms with van der Waals surface area (Å²) in [6.07, 6.45) is 1.000. The molecule has 0 amide bonds. The molecule has 0 fully saturated rings. The third-order valence-electron chi connectivity index (χ3n) is 3.58. The number of ketones is 1. The molecule has 2 nitrogen and oxygen atoms in total. The molecule has 0 aromatic heterocycles. The maximum atomic E-state index is 11.7. The molecule has 1 rings (SSSR count). The fraction of sp³-hybridized carbons (Fsp3) is 0.611. The van der Waals surface area contributed by atoms with Crippen LogP contribution in [0.15, 0.2) is 12.1 Å². The van der Waals surface area contributed by atoms with E-state index in [1.165, 1.54) is 0 Å². The standard InChI is InChI=1S/C18H28O2/c1-8-13(19)9-12-10-14(17(2,3)4)16(20)15(11-12)18(5,6)7/h10-11,20H,8-9H2,1-7H3. The first-order valence-electron chi connectivity index (χ1n) is 7.35. The quantitative estimate of drug-likeness (QED) is 0.882. The van der Waals surface area contributed by atoms with Crippen molar-refractivity contribution in [2.75, 3.05) is 0 Å². The predicted octanol–water partition coefficient (Wildman–Crippen LogP) is 4.51. The Hall–Kier alpha value is -1.31. The summed E-state index contributed by atoms with van der Waals surface area (Å²) in [5.41, 5.74) is 2.56. The van der Waals surface area contributed by atoms with Crippen molar-refractivity contribution in [2.45, 2.75) is 72.1 Å². The molecule has 20 heavy (non-hydrogen) atoms. The summed E-state index contributed by atoms with van der Waals surface area (Å²) in [5.74, 6) is 0.605. The molecule has 2 heteroatoms. The van der Waals surface area contributed by atoms with Crippen LogP contribution in [0, 0.1) is 0 Å². The molecule has 1 aromatic rings. The van der Waals surface area contributed by atoms with E-state index in [9.17, 15) is 9.90 Å². The Morgan fingerprint density at radius 3 is 1.70 bits per heavy atom. The third kappa shape index (κ3) is 3.84. The summed E-state index contributed by atoms with van der Waals surface area (Å²) in [7, 11) is 0. The summed E-state index contributed by atoms with van der Waals surface area (Å²) < 4.78 is 0. The van der Waals surface area contributed by atoms with E-state index in [-0.39, 0.29) is 16.6 Å². The molecule has 1 aromatic carbocycles. The molecular weight excluding hydrogens is 248 g/mol. The van der Waals surface area contributed by atoms with Gasteiger partial charge < -0.3 is 5.11 Å². The maximum absolute atomic E-state index is 11.7. The van der Waals surface area contributed by atoms with Crippen molar-refractivity contribution in [2.24, 2.45) is 0 Å². The molecule has 0 unspecified atom stereocenters. The van der Waals surface area contributed by atoms with Crippen LogP contribution in [-0.4, -0.2) is 10.9 Å². The van der Waals surface area contributed by atoms with Crippen LogP contribution in [0.25, 0.3) is 0 Å².